The summed E-state index contributed by atoms with van der Waals surface area (Å²) in [7, 11) is 0. The molecular formula is C58H35N3O. The predicted octanol–water partition coefficient (Wildman–Crippen LogP) is 14.4. The molecule has 0 saturated carbocycles. The van der Waals surface area contributed by atoms with Gasteiger partial charge in [0.1, 0.15) is 11.2 Å². The van der Waals surface area contributed by atoms with Crippen molar-refractivity contribution in [3.63, 3.8) is 0 Å². The Balaban J connectivity index is 0.864. The molecule has 4 nitrogen and oxygen atoms in total. The van der Waals surface area contributed by atoms with E-state index >= 15 is 0 Å². The van der Waals surface area contributed by atoms with E-state index in [-0.39, 0.29) is 5.41 Å². The second-order valence-electron chi connectivity index (χ2n) is 16.3. The number of hydrogen-bond donors (Lipinski definition) is 0. The Morgan fingerprint density at radius 2 is 0.677 bits per heavy atom. The molecule has 2 heterocycles. The van der Waals surface area contributed by atoms with Crippen LogP contribution in [0.1, 0.15) is 22.3 Å². The minimum Gasteiger partial charge on any atom is -0.456 e. The molecule has 0 bridgehead atoms. The second-order valence-corrected chi connectivity index (χ2v) is 16.3. The van der Waals surface area contributed by atoms with Gasteiger partial charge in [0.2, 0.25) is 0 Å². The Kier molecular flexibility index (Phi) is 7.49. The molecule has 0 saturated heterocycles. The van der Waals surface area contributed by atoms with E-state index in [0.29, 0.717) is 17.5 Å². The maximum absolute atomic E-state index is 6.19. The van der Waals surface area contributed by atoms with Gasteiger partial charge < -0.3 is 4.42 Å². The summed E-state index contributed by atoms with van der Waals surface area (Å²) in [6.45, 7) is 0. The van der Waals surface area contributed by atoms with Crippen molar-refractivity contribution >= 4 is 21.9 Å². The quantitative estimate of drug-likeness (QED) is 0.174. The van der Waals surface area contributed by atoms with E-state index in [1.807, 2.05) is 48.5 Å². The van der Waals surface area contributed by atoms with Gasteiger partial charge in [0, 0.05) is 27.5 Å². The fraction of sp³-hybridized carbons (Fsp3) is 0.0172. The highest BCUT2D eigenvalue weighted by atomic mass is 16.3. The number of hydrogen-bond acceptors (Lipinski definition) is 4. The Labute approximate surface area is 358 Å². The Bertz CT molecular complexity index is 3520. The van der Waals surface area contributed by atoms with Crippen molar-refractivity contribution in [2.45, 2.75) is 5.41 Å². The smallest absolute Gasteiger partial charge is 0.164 e. The average molecular weight is 790 g/mol. The summed E-state index contributed by atoms with van der Waals surface area (Å²) in [6, 6.07) is 75.7. The minimum atomic E-state index is -0.349. The van der Waals surface area contributed by atoms with Crippen LogP contribution in [0, 0.1) is 0 Å². The highest BCUT2D eigenvalue weighted by Crippen LogP contribution is 2.63. The summed E-state index contributed by atoms with van der Waals surface area (Å²) < 4.78 is 6.19. The van der Waals surface area contributed by atoms with Crippen LogP contribution in [-0.2, 0) is 5.41 Å². The zero-order valence-corrected chi connectivity index (χ0v) is 33.5. The fourth-order valence-corrected chi connectivity index (χ4v) is 10.2. The molecule has 288 valence electrons. The molecule has 4 heteroatoms. The van der Waals surface area contributed by atoms with Gasteiger partial charge >= 0.3 is 0 Å². The monoisotopic (exact) mass is 789 g/mol. The molecular weight excluding hydrogens is 755 g/mol. The molecule has 0 atom stereocenters. The lowest BCUT2D eigenvalue weighted by Gasteiger charge is -2.30. The van der Waals surface area contributed by atoms with Gasteiger partial charge in [-0.2, -0.15) is 0 Å². The molecule has 2 aromatic heterocycles. The van der Waals surface area contributed by atoms with E-state index in [4.69, 9.17) is 19.4 Å². The second kappa shape index (κ2) is 13.4. The van der Waals surface area contributed by atoms with E-state index in [9.17, 15) is 0 Å². The molecule has 11 aromatic rings. The number of para-hydroxylation sites is 1. The van der Waals surface area contributed by atoms with Gasteiger partial charge in [-0.05, 0) is 91.0 Å². The third-order valence-electron chi connectivity index (χ3n) is 13.0. The van der Waals surface area contributed by atoms with Gasteiger partial charge in [0.15, 0.2) is 17.5 Å². The summed E-state index contributed by atoms with van der Waals surface area (Å²) in [5.41, 5.74) is 19.3. The van der Waals surface area contributed by atoms with Crippen molar-refractivity contribution in [3.8, 4) is 78.7 Å². The summed E-state index contributed by atoms with van der Waals surface area (Å²) in [4.78, 5) is 15.1. The summed E-state index contributed by atoms with van der Waals surface area (Å²) in [5.74, 6) is 1.89. The van der Waals surface area contributed by atoms with Crippen LogP contribution in [0.4, 0.5) is 0 Å². The highest BCUT2D eigenvalue weighted by Gasteiger charge is 2.51. The van der Waals surface area contributed by atoms with Crippen LogP contribution >= 0.6 is 0 Å². The first-order chi connectivity index (χ1) is 30.7. The van der Waals surface area contributed by atoms with Crippen LogP contribution < -0.4 is 0 Å². The van der Waals surface area contributed by atoms with E-state index in [1.165, 1.54) is 50.1 Å². The largest absolute Gasteiger partial charge is 0.456 e. The van der Waals surface area contributed by atoms with Crippen LogP contribution in [0.5, 0.6) is 0 Å². The van der Waals surface area contributed by atoms with E-state index in [0.717, 1.165) is 55.3 Å². The van der Waals surface area contributed by atoms with Gasteiger partial charge in [0.05, 0.1) is 5.41 Å². The van der Waals surface area contributed by atoms with Gasteiger partial charge in [-0.1, -0.05) is 188 Å². The van der Waals surface area contributed by atoms with Crippen molar-refractivity contribution in [1.82, 2.24) is 15.0 Å². The number of benzene rings is 9. The van der Waals surface area contributed by atoms with E-state index < -0.39 is 0 Å². The average Bonchev–Trinajstić information content (AvgIpc) is 3.98. The summed E-state index contributed by atoms with van der Waals surface area (Å²) in [6.07, 6.45) is 0. The number of rotatable bonds is 5. The molecule has 2 aliphatic rings. The number of fused-ring (bicyclic) bond motifs is 13. The lowest BCUT2D eigenvalue weighted by molar-refractivity contribution is 0.669. The molecule has 0 fully saturated rings. The number of aromatic nitrogens is 3. The SMILES string of the molecule is c1ccc(-c2nc(-c3ccc(-c4ccc5c(c4)-c4ccccc4C54c5ccccc5-c5ccccc54)cc3)nc(-c3ccc(-c4ccc5c(c4)oc4ccccc45)cc3)n2)cc1. The standard InChI is InChI=1S/C58H35N3O/c1-2-12-38(13-3-1)55-59-56(61-57(60-55)40-28-24-37(25-29-40)42-30-32-47-46-17-7-11-21-53(46)62-54(47)35-42)39-26-22-36(23-27-39)41-31-33-52-48(34-41)45-16-6-10-20-51(45)58(52)49-18-8-4-14-43(49)44-15-5-9-19-50(44)58/h1-35H. The van der Waals surface area contributed by atoms with E-state index in [1.54, 1.807) is 0 Å². The maximum atomic E-state index is 6.19. The molecule has 0 radical (unpaired) electrons. The van der Waals surface area contributed by atoms with Crippen molar-refractivity contribution in [3.05, 3.63) is 235 Å². The number of furan rings is 1. The Morgan fingerprint density at radius 3 is 1.27 bits per heavy atom. The first-order valence-electron chi connectivity index (χ1n) is 21.1. The fourth-order valence-electron chi connectivity index (χ4n) is 10.2. The molecule has 0 unspecified atom stereocenters. The summed E-state index contributed by atoms with van der Waals surface area (Å²) in [5, 5.41) is 2.25. The minimum absolute atomic E-state index is 0.349. The Hall–Kier alpha value is -8.21. The molecule has 0 amide bonds. The van der Waals surface area contributed by atoms with Crippen LogP contribution in [0.15, 0.2) is 217 Å². The third kappa shape index (κ3) is 5.10. The van der Waals surface area contributed by atoms with Gasteiger partial charge in [-0.15, -0.1) is 0 Å². The molecule has 9 aromatic carbocycles. The normalized spacial score (nSPS) is 13.0. The number of nitrogens with zero attached hydrogens (tertiary/aromatic N) is 3. The lowest BCUT2D eigenvalue weighted by Crippen LogP contribution is -2.25. The van der Waals surface area contributed by atoms with Gasteiger partial charge in [-0.3, -0.25) is 0 Å². The maximum Gasteiger partial charge on any atom is 0.164 e. The highest BCUT2D eigenvalue weighted by molar-refractivity contribution is 6.06. The van der Waals surface area contributed by atoms with Gasteiger partial charge in [-0.25, -0.2) is 15.0 Å². The predicted molar refractivity (Wildman–Crippen MR) is 251 cm³/mol. The molecule has 1 spiro atoms. The van der Waals surface area contributed by atoms with Gasteiger partial charge in [0.25, 0.3) is 0 Å². The topological polar surface area (TPSA) is 51.8 Å². The van der Waals surface area contributed by atoms with Crippen molar-refractivity contribution in [1.29, 1.82) is 0 Å². The molecule has 13 rings (SSSR count). The first kappa shape index (κ1) is 34.6. The Morgan fingerprint density at radius 1 is 0.274 bits per heavy atom. The van der Waals surface area contributed by atoms with Crippen molar-refractivity contribution in [2.75, 3.05) is 0 Å². The zero-order chi connectivity index (χ0) is 40.8. The first-order valence-corrected chi connectivity index (χ1v) is 21.1. The van der Waals surface area contributed by atoms with Crippen LogP contribution in [-0.4, -0.2) is 15.0 Å². The molecule has 0 aliphatic heterocycles. The third-order valence-corrected chi connectivity index (χ3v) is 13.0. The van der Waals surface area contributed by atoms with Crippen molar-refractivity contribution in [2.24, 2.45) is 0 Å². The van der Waals surface area contributed by atoms with Crippen LogP contribution in [0.25, 0.3) is 101 Å². The van der Waals surface area contributed by atoms with Crippen molar-refractivity contribution < 1.29 is 4.42 Å². The molecule has 0 N–H and O–H groups in total. The zero-order valence-electron chi connectivity index (χ0n) is 33.5. The molecule has 62 heavy (non-hydrogen) atoms. The van der Waals surface area contributed by atoms with E-state index in [2.05, 4.69) is 164 Å². The van der Waals surface area contributed by atoms with Crippen LogP contribution in [0.3, 0.4) is 0 Å². The lowest BCUT2D eigenvalue weighted by atomic mass is 9.70. The molecule has 2 aliphatic carbocycles. The van der Waals surface area contributed by atoms with Crippen LogP contribution in [0.2, 0.25) is 0 Å². The summed E-state index contributed by atoms with van der Waals surface area (Å²) >= 11 is 0.